The van der Waals surface area contributed by atoms with Gasteiger partial charge in [-0.05, 0) is 22.8 Å². The highest BCUT2D eigenvalue weighted by atomic mass is 16.4. The minimum atomic E-state index is -0.843. The molecule has 1 heterocycles. The van der Waals surface area contributed by atoms with Crippen LogP contribution in [0.25, 0.3) is 0 Å². The summed E-state index contributed by atoms with van der Waals surface area (Å²) in [5.41, 5.74) is 0.0788. The minimum Gasteiger partial charge on any atom is -0.481 e. The fourth-order valence-electron chi connectivity index (χ4n) is 1.48. The molecule has 1 atom stereocenters. The summed E-state index contributed by atoms with van der Waals surface area (Å²) in [6.07, 6.45) is 0.756. The first-order valence-corrected chi connectivity index (χ1v) is 5.28. The van der Waals surface area contributed by atoms with Gasteiger partial charge in [-0.25, -0.2) is 4.68 Å². The summed E-state index contributed by atoms with van der Waals surface area (Å²) in [6, 6.07) is -0.218. The smallest absolute Gasteiger partial charge is 0.305 e. The average molecular weight is 226 g/mol. The van der Waals surface area contributed by atoms with E-state index in [1.165, 1.54) is 0 Å². The molecule has 1 aromatic heterocycles. The molecule has 0 aliphatic carbocycles. The van der Waals surface area contributed by atoms with Gasteiger partial charge in [0.1, 0.15) is 0 Å². The predicted octanol–water partition coefficient (Wildman–Crippen LogP) is 1.30. The maximum absolute atomic E-state index is 10.6. The zero-order valence-corrected chi connectivity index (χ0v) is 10.1. The van der Waals surface area contributed by atoms with Gasteiger partial charge in [0.25, 0.3) is 0 Å². The van der Waals surface area contributed by atoms with Crippen molar-refractivity contribution in [3.05, 3.63) is 5.82 Å². The minimum absolute atomic E-state index is 0.0299. The number of rotatable bonds is 4. The van der Waals surface area contributed by atoms with Crippen molar-refractivity contribution in [2.75, 3.05) is 0 Å². The van der Waals surface area contributed by atoms with Gasteiger partial charge in [0.2, 0.25) is 0 Å². The molecule has 1 aromatic rings. The predicted molar refractivity (Wildman–Crippen MR) is 57.9 cm³/mol. The van der Waals surface area contributed by atoms with Crippen molar-refractivity contribution in [2.24, 2.45) is 5.41 Å². The maximum Gasteiger partial charge on any atom is 0.305 e. The molecular weight excluding hydrogens is 208 g/mol. The Hall–Kier alpha value is -1.46. The second-order valence-electron chi connectivity index (χ2n) is 5.22. The number of hydrogen-bond donors (Lipinski definition) is 1. The Morgan fingerprint density at radius 2 is 2.12 bits per heavy atom. The SMILES string of the molecule is CC(CC(=O)O)n1nnnc1CC(C)(C)C. The van der Waals surface area contributed by atoms with Crippen LogP contribution in [-0.4, -0.2) is 31.3 Å². The van der Waals surface area contributed by atoms with Gasteiger partial charge in [-0.2, -0.15) is 0 Å². The third-order valence-corrected chi connectivity index (χ3v) is 2.14. The summed E-state index contributed by atoms with van der Waals surface area (Å²) >= 11 is 0. The van der Waals surface area contributed by atoms with E-state index in [-0.39, 0.29) is 17.9 Å². The monoisotopic (exact) mass is 226 g/mol. The van der Waals surface area contributed by atoms with Crippen LogP contribution in [0.2, 0.25) is 0 Å². The molecule has 0 saturated carbocycles. The number of carbonyl (C=O) groups is 1. The standard InChI is InChI=1S/C10H18N4O2/c1-7(5-9(15)16)14-8(11-12-13-14)6-10(2,3)4/h7H,5-6H2,1-4H3,(H,15,16). The number of carboxylic acids is 1. The Balaban J connectivity index is 2.81. The molecule has 0 radical (unpaired) electrons. The number of hydrogen-bond acceptors (Lipinski definition) is 4. The van der Waals surface area contributed by atoms with Gasteiger partial charge < -0.3 is 5.11 Å². The summed E-state index contributed by atoms with van der Waals surface area (Å²) < 4.78 is 1.60. The first-order valence-electron chi connectivity index (χ1n) is 5.28. The van der Waals surface area contributed by atoms with Gasteiger partial charge in [0.15, 0.2) is 5.82 Å². The average Bonchev–Trinajstić information content (AvgIpc) is 2.47. The van der Waals surface area contributed by atoms with E-state index in [0.717, 1.165) is 12.2 Å². The van der Waals surface area contributed by atoms with Crippen molar-refractivity contribution in [3.63, 3.8) is 0 Å². The summed E-state index contributed by atoms with van der Waals surface area (Å²) in [4.78, 5) is 10.6. The lowest BCUT2D eigenvalue weighted by Gasteiger charge is -2.18. The van der Waals surface area contributed by atoms with Crippen molar-refractivity contribution >= 4 is 5.97 Å². The molecule has 1 N–H and O–H groups in total. The van der Waals surface area contributed by atoms with Gasteiger partial charge in [-0.15, -0.1) is 5.10 Å². The van der Waals surface area contributed by atoms with Crippen LogP contribution in [-0.2, 0) is 11.2 Å². The molecule has 90 valence electrons. The lowest BCUT2D eigenvalue weighted by Crippen LogP contribution is -2.19. The Morgan fingerprint density at radius 1 is 1.50 bits per heavy atom. The molecule has 0 aliphatic rings. The zero-order valence-electron chi connectivity index (χ0n) is 10.1. The van der Waals surface area contributed by atoms with E-state index in [4.69, 9.17) is 5.11 Å². The molecule has 0 fully saturated rings. The number of carboxylic acid groups (broad SMARTS) is 1. The van der Waals surface area contributed by atoms with E-state index < -0.39 is 5.97 Å². The lowest BCUT2D eigenvalue weighted by atomic mass is 9.92. The number of tetrazole rings is 1. The highest BCUT2D eigenvalue weighted by Crippen LogP contribution is 2.20. The molecule has 16 heavy (non-hydrogen) atoms. The fourth-order valence-corrected chi connectivity index (χ4v) is 1.48. The molecule has 6 nitrogen and oxygen atoms in total. The highest BCUT2D eigenvalue weighted by Gasteiger charge is 2.20. The van der Waals surface area contributed by atoms with Crippen molar-refractivity contribution in [1.29, 1.82) is 0 Å². The normalized spacial score (nSPS) is 13.8. The Kier molecular flexibility index (Phi) is 3.62. The van der Waals surface area contributed by atoms with E-state index in [1.54, 1.807) is 11.6 Å². The zero-order chi connectivity index (χ0) is 12.3. The molecule has 1 rings (SSSR count). The third-order valence-electron chi connectivity index (χ3n) is 2.14. The van der Waals surface area contributed by atoms with Crippen LogP contribution < -0.4 is 0 Å². The number of nitrogens with zero attached hydrogens (tertiary/aromatic N) is 4. The van der Waals surface area contributed by atoms with Gasteiger partial charge in [-0.3, -0.25) is 4.79 Å². The van der Waals surface area contributed by atoms with Crippen LogP contribution in [0, 0.1) is 5.41 Å². The van der Waals surface area contributed by atoms with Crippen molar-refractivity contribution < 1.29 is 9.90 Å². The van der Waals surface area contributed by atoms with Gasteiger partial charge in [0, 0.05) is 6.42 Å². The quantitative estimate of drug-likeness (QED) is 0.836. The van der Waals surface area contributed by atoms with Crippen LogP contribution in [0.3, 0.4) is 0 Å². The van der Waals surface area contributed by atoms with Gasteiger partial charge >= 0.3 is 5.97 Å². The van der Waals surface area contributed by atoms with Crippen LogP contribution in [0.15, 0.2) is 0 Å². The second kappa shape index (κ2) is 4.59. The molecule has 0 aromatic carbocycles. The lowest BCUT2D eigenvalue weighted by molar-refractivity contribution is -0.137. The van der Waals surface area contributed by atoms with E-state index in [1.807, 2.05) is 0 Å². The fraction of sp³-hybridized carbons (Fsp3) is 0.800. The van der Waals surface area contributed by atoms with Gasteiger partial charge in [-0.1, -0.05) is 20.8 Å². The molecule has 0 spiro atoms. The second-order valence-corrected chi connectivity index (χ2v) is 5.22. The molecule has 6 heteroatoms. The van der Waals surface area contributed by atoms with Crippen LogP contribution >= 0.6 is 0 Å². The van der Waals surface area contributed by atoms with E-state index >= 15 is 0 Å². The van der Waals surface area contributed by atoms with Crippen LogP contribution in [0.5, 0.6) is 0 Å². The molecule has 0 bridgehead atoms. The summed E-state index contributed by atoms with van der Waals surface area (Å²) in [7, 11) is 0. The van der Waals surface area contributed by atoms with Crippen molar-refractivity contribution in [2.45, 2.75) is 46.6 Å². The number of aromatic nitrogens is 4. The van der Waals surface area contributed by atoms with E-state index in [9.17, 15) is 4.79 Å². The van der Waals surface area contributed by atoms with E-state index in [0.29, 0.717) is 0 Å². The third kappa shape index (κ3) is 3.60. The van der Waals surface area contributed by atoms with E-state index in [2.05, 4.69) is 36.3 Å². The topological polar surface area (TPSA) is 80.9 Å². The first kappa shape index (κ1) is 12.6. The van der Waals surface area contributed by atoms with Crippen molar-refractivity contribution in [3.8, 4) is 0 Å². The Bertz CT molecular complexity index is 367. The van der Waals surface area contributed by atoms with Gasteiger partial charge in [0.05, 0.1) is 12.5 Å². The molecule has 0 amide bonds. The van der Waals surface area contributed by atoms with Crippen LogP contribution in [0.1, 0.15) is 46.0 Å². The molecule has 0 saturated heterocycles. The maximum atomic E-state index is 10.6. The summed E-state index contributed by atoms with van der Waals surface area (Å²) in [5, 5.41) is 20.1. The Labute approximate surface area is 94.7 Å². The first-order chi connectivity index (χ1) is 7.29. The summed E-state index contributed by atoms with van der Waals surface area (Å²) in [5.74, 6) is -0.106. The largest absolute Gasteiger partial charge is 0.481 e. The summed E-state index contributed by atoms with van der Waals surface area (Å²) in [6.45, 7) is 8.08. The van der Waals surface area contributed by atoms with Crippen molar-refractivity contribution in [1.82, 2.24) is 20.2 Å². The molecule has 1 unspecified atom stereocenters. The highest BCUT2D eigenvalue weighted by molar-refractivity contribution is 5.67. The van der Waals surface area contributed by atoms with Crippen LogP contribution in [0.4, 0.5) is 0 Å². The Morgan fingerprint density at radius 3 is 2.62 bits per heavy atom. The molecular formula is C10H18N4O2. The number of aliphatic carboxylic acids is 1. The molecule has 0 aliphatic heterocycles.